The van der Waals surface area contributed by atoms with Gasteiger partial charge in [-0.2, -0.15) is 0 Å². The molecule has 0 aromatic heterocycles. The fraction of sp³-hybridized carbons (Fsp3) is 0.286. The van der Waals surface area contributed by atoms with Crippen LogP contribution in [0.4, 0.5) is 0 Å². The molecule has 6 heteroatoms. The number of aliphatic hydroxyl groups is 1. The number of rotatable bonds is 8. The maximum Gasteiger partial charge on any atom is 0.260 e. The first kappa shape index (κ1) is 23.5. The number of fused-ring (bicyclic) bond motifs is 1. The minimum absolute atomic E-state index is 0.0181. The third-order valence-electron chi connectivity index (χ3n) is 5.97. The molecule has 0 saturated heterocycles. The monoisotopic (exact) mass is 459 g/mol. The summed E-state index contributed by atoms with van der Waals surface area (Å²) >= 11 is 0. The molecule has 1 amide bonds. The number of benzene rings is 3. The largest absolute Gasteiger partial charge is 0.491 e. The summed E-state index contributed by atoms with van der Waals surface area (Å²) in [6.07, 6.45) is 0.798. The quantitative estimate of drug-likeness (QED) is 0.507. The molecule has 0 spiro atoms. The van der Waals surface area contributed by atoms with E-state index in [2.05, 4.69) is 12.1 Å². The average molecular weight is 460 g/mol. The fourth-order valence-corrected chi connectivity index (χ4v) is 3.97. The van der Waals surface area contributed by atoms with Crippen molar-refractivity contribution in [2.75, 3.05) is 19.8 Å². The fourth-order valence-electron chi connectivity index (χ4n) is 3.97. The zero-order valence-corrected chi connectivity index (χ0v) is 19.3. The molecule has 1 atom stereocenters. The van der Waals surface area contributed by atoms with Crippen molar-refractivity contribution in [2.45, 2.75) is 32.4 Å². The Bertz CT molecular complexity index is 1130. The Hall–Kier alpha value is -3.64. The highest BCUT2D eigenvalue weighted by Crippen LogP contribution is 2.28. The smallest absolute Gasteiger partial charge is 0.260 e. The molecule has 1 aliphatic rings. The average Bonchev–Trinajstić information content (AvgIpc) is 3.08. The number of aliphatic hydroxyl groups excluding tert-OH is 1. The Kier molecular flexibility index (Phi) is 7.60. The second-order valence-electron chi connectivity index (χ2n) is 8.44. The van der Waals surface area contributed by atoms with Gasteiger partial charge in [-0.1, -0.05) is 36.4 Å². The van der Waals surface area contributed by atoms with Gasteiger partial charge in [0.2, 0.25) is 0 Å². The van der Waals surface area contributed by atoms with Crippen molar-refractivity contribution >= 4 is 11.7 Å². The van der Waals surface area contributed by atoms with E-state index in [1.807, 2.05) is 36.4 Å². The zero-order chi connectivity index (χ0) is 23.9. The number of nitrogens with zero attached hydrogens (tertiary/aromatic N) is 1. The maximum absolute atomic E-state index is 12.8. The van der Waals surface area contributed by atoms with Crippen LogP contribution in [0.2, 0.25) is 0 Å². The lowest BCUT2D eigenvalue weighted by Gasteiger charge is -2.20. The van der Waals surface area contributed by atoms with E-state index in [0.717, 1.165) is 23.3 Å². The standard InChI is InChI=1S/C28H29NO5/c1-20(30)22-8-11-25(12-9-22)34-19-28(32)29-15-16-33-27-14-10-23(17-24(27)18-29)26(31)13-7-21-5-3-2-4-6-21/h2-6,8-12,14,17,26,31H,7,13,15-16,18-19H2,1H3/t26-/m0/s1. The highest BCUT2D eigenvalue weighted by Gasteiger charge is 2.21. The molecule has 1 heterocycles. The van der Waals surface area contributed by atoms with Crippen molar-refractivity contribution in [3.05, 3.63) is 95.1 Å². The van der Waals surface area contributed by atoms with Crippen LogP contribution in [0.3, 0.4) is 0 Å². The predicted octanol–water partition coefficient (Wildman–Crippen LogP) is 4.36. The van der Waals surface area contributed by atoms with Gasteiger partial charge in [-0.25, -0.2) is 0 Å². The van der Waals surface area contributed by atoms with Gasteiger partial charge in [0.05, 0.1) is 12.6 Å². The van der Waals surface area contributed by atoms with E-state index in [1.54, 1.807) is 29.2 Å². The molecule has 3 aromatic rings. The number of amides is 1. The van der Waals surface area contributed by atoms with E-state index in [0.29, 0.717) is 37.4 Å². The maximum atomic E-state index is 12.8. The van der Waals surface area contributed by atoms with E-state index >= 15 is 0 Å². The van der Waals surface area contributed by atoms with E-state index in [-0.39, 0.29) is 18.3 Å². The molecule has 1 N–H and O–H groups in total. The van der Waals surface area contributed by atoms with Crippen LogP contribution in [0.5, 0.6) is 11.5 Å². The van der Waals surface area contributed by atoms with Crippen molar-refractivity contribution in [1.29, 1.82) is 0 Å². The lowest BCUT2D eigenvalue weighted by Crippen LogP contribution is -2.36. The molecular formula is C28H29NO5. The van der Waals surface area contributed by atoms with Gasteiger partial charge < -0.3 is 19.5 Å². The van der Waals surface area contributed by atoms with E-state index in [1.165, 1.54) is 12.5 Å². The van der Waals surface area contributed by atoms with Crippen LogP contribution in [0.25, 0.3) is 0 Å². The Labute approximate surface area is 199 Å². The van der Waals surface area contributed by atoms with Crippen molar-refractivity contribution in [3.63, 3.8) is 0 Å². The normalized spacial score (nSPS) is 13.9. The third-order valence-corrected chi connectivity index (χ3v) is 5.97. The van der Waals surface area contributed by atoms with Gasteiger partial charge in [-0.15, -0.1) is 0 Å². The molecule has 6 nitrogen and oxygen atoms in total. The third kappa shape index (κ3) is 6.02. The summed E-state index contributed by atoms with van der Waals surface area (Å²) in [4.78, 5) is 25.9. The Morgan fingerprint density at radius 1 is 1.06 bits per heavy atom. The molecule has 0 aliphatic carbocycles. The number of ether oxygens (including phenoxy) is 2. The van der Waals surface area contributed by atoms with Crippen LogP contribution in [-0.4, -0.2) is 41.5 Å². The van der Waals surface area contributed by atoms with Crippen LogP contribution in [0.1, 0.15) is 46.5 Å². The van der Waals surface area contributed by atoms with Crippen molar-refractivity contribution < 1.29 is 24.2 Å². The Morgan fingerprint density at radius 2 is 1.82 bits per heavy atom. The molecule has 34 heavy (non-hydrogen) atoms. The van der Waals surface area contributed by atoms with Crippen LogP contribution >= 0.6 is 0 Å². The van der Waals surface area contributed by atoms with Crippen LogP contribution in [-0.2, 0) is 17.8 Å². The van der Waals surface area contributed by atoms with Gasteiger partial charge in [0.15, 0.2) is 12.4 Å². The SMILES string of the molecule is CC(=O)c1ccc(OCC(=O)N2CCOc3ccc([C@@H](O)CCc4ccccc4)cc3C2)cc1. The molecule has 3 aromatic carbocycles. The first-order valence-corrected chi connectivity index (χ1v) is 11.5. The van der Waals surface area contributed by atoms with Crippen molar-refractivity contribution in [2.24, 2.45) is 0 Å². The molecule has 176 valence electrons. The lowest BCUT2D eigenvalue weighted by atomic mass is 9.99. The van der Waals surface area contributed by atoms with Gasteiger partial charge in [-0.3, -0.25) is 9.59 Å². The molecular weight excluding hydrogens is 430 g/mol. The summed E-state index contributed by atoms with van der Waals surface area (Å²) < 4.78 is 11.5. The highest BCUT2D eigenvalue weighted by molar-refractivity contribution is 5.94. The molecule has 0 unspecified atom stereocenters. The molecule has 0 radical (unpaired) electrons. The summed E-state index contributed by atoms with van der Waals surface area (Å²) in [6.45, 7) is 2.63. The van der Waals surface area contributed by atoms with Crippen LogP contribution in [0, 0.1) is 0 Å². The summed E-state index contributed by atoms with van der Waals surface area (Å²) in [7, 11) is 0. The minimum atomic E-state index is -0.598. The number of carbonyl (C=O) groups excluding carboxylic acids is 2. The number of ketones is 1. The van der Waals surface area contributed by atoms with Crippen molar-refractivity contribution in [1.82, 2.24) is 4.90 Å². The summed E-state index contributed by atoms with van der Waals surface area (Å²) in [5, 5.41) is 10.7. The molecule has 4 rings (SSSR count). The van der Waals surface area contributed by atoms with E-state index in [9.17, 15) is 14.7 Å². The van der Waals surface area contributed by atoms with Crippen LogP contribution in [0.15, 0.2) is 72.8 Å². The Balaban J connectivity index is 1.37. The number of Topliss-reactive ketones (excluding diaryl/α,β-unsaturated/α-hetero) is 1. The number of carbonyl (C=O) groups is 2. The number of hydrogen-bond donors (Lipinski definition) is 1. The number of hydrogen-bond acceptors (Lipinski definition) is 5. The second-order valence-corrected chi connectivity index (χ2v) is 8.44. The summed E-state index contributed by atoms with van der Waals surface area (Å²) in [5.41, 5.74) is 3.47. The lowest BCUT2D eigenvalue weighted by molar-refractivity contribution is -0.134. The van der Waals surface area contributed by atoms with Gasteiger partial charge in [-0.05, 0) is 67.3 Å². The first-order chi connectivity index (χ1) is 16.5. The zero-order valence-electron chi connectivity index (χ0n) is 19.3. The van der Waals surface area contributed by atoms with Gasteiger partial charge >= 0.3 is 0 Å². The van der Waals surface area contributed by atoms with E-state index < -0.39 is 6.10 Å². The van der Waals surface area contributed by atoms with Gasteiger partial charge in [0.1, 0.15) is 18.1 Å². The Morgan fingerprint density at radius 3 is 2.56 bits per heavy atom. The predicted molar refractivity (Wildman–Crippen MR) is 129 cm³/mol. The van der Waals surface area contributed by atoms with Crippen LogP contribution < -0.4 is 9.47 Å². The molecule has 1 aliphatic heterocycles. The van der Waals surface area contributed by atoms with Gasteiger partial charge in [0, 0.05) is 17.7 Å². The van der Waals surface area contributed by atoms with Crippen molar-refractivity contribution in [3.8, 4) is 11.5 Å². The first-order valence-electron chi connectivity index (χ1n) is 11.5. The van der Waals surface area contributed by atoms with Gasteiger partial charge in [0.25, 0.3) is 5.91 Å². The van der Waals surface area contributed by atoms with E-state index in [4.69, 9.17) is 9.47 Å². The minimum Gasteiger partial charge on any atom is -0.491 e. The molecule has 0 bridgehead atoms. The summed E-state index contributed by atoms with van der Waals surface area (Å²) in [6, 6.07) is 22.5. The molecule has 0 saturated carbocycles. The number of aryl methyl sites for hydroxylation is 1. The highest BCUT2D eigenvalue weighted by atomic mass is 16.5. The topological polar surface area (TPSA) is 76.1 Å². The second kappa shape index (κ2) is 11.0. The molecule has 0 fully saturated rings. The summed E-state index contributed by atoms with van der Waals surface area (Å²) in [5.74, 6) is 1.10.